The van der Waals surface area contributed by atoms with E-state index in [1.165, 1.54) is 11.8 Å². The first-order valence-corrected chi connectivity index (χ1v) is 12.1. The van der Waals surface area contributed by atoms with Gasteiger partial charge in [-0.05, 0) is 42.2 Å². The molecule has 1 N–H and O–H groups in total. The van der Waals surface area contributed by atoms with Crippen molar-refractivity contribution in [2.24, 2.45) is 0 Å². The highest BCUT2D eigenvalue weighted by molar-refractivity contribution is 7.90. The number of carbonyl (C=O) groups is 2. The Hall–Kier alpha value is -3.59. The van der Waals surface area contributed by atoms with Crippen LogP contribution in [-0.2, 0) is 26.0 Å². The van der Waals surface area contributed by atoms with Gasteiger partial charge < -0.3 is 4.90 Å². The van der Waals surface area contributed by atoms with Crippen LogP contribution in [0.25, 0.3) is 11.1 Å². The molecule has 0 spiro atoms. The highest BCUT2D eigenvalue weighted by Gasteiger charge is 2.50. The van der Waals surface area contributed by atoms with E-state index in [0.717, 1.165) is 28.8 Å². The molecule has 0 radical (unpaired) electrons. The molecule has 1 heterocycles. The van der Waals surface area contributed by atoms with Crippen molar-refractivity contribution in [2.75, 3.05) is 6.54 Å². The van der Waals surface area contributed by atoms with E-state index >= 15 is 0 Å². The van der Waals surface area contributed by atoms with E-state index in [-0.39, 0.29) is 25.3 Å². The summed E-state index contributed by atoms with van der Waals surface area (Å²) in [6, 6.07) is 19.2. The van der Waals surface area contributed by atoms with Crippen LogP contribution in [0.4, 0.5) is 8.78 Å². The van der Waals surface area contributed by atoms with Crippen LogP contribution >= 0.6 is 0 Å². The van der Waals surface area contributed by atoms with Crippen LogP contribution in [0.15, 0.2) is 77.7 Å². The van der Waals surface area contributed by atoms with E-state index in [1.807, 2.05) is 59.3 Å². The molecular weight excluding hydrogens is 462 g/mol. The van der Waals surface area contributed by atoms with Crippen LogP contribution in [0.3, 0.4) is 0 Å². The molecule has 2 amide bonds. The third-order valence-corrected chi connectivity index (χ3v) is 7.40. The highest BCUT2D eigenvalue weighted by Crippen LogP contribution is 2.32. The number of nitrogens with zero attached hydrogens (tertiary/aromatic N) is 1. The Morgan fingerprint density at radius 3 is 2.21 bits per heavy atom. The van der Waals surface area contributed by atoms with E-state index < -0.39 is 38.0 Å². The molecule has 3 aromatic rings. The zero-order valence-corrected chi connectivity index (χ0v) is 19.1. The number of carbonyl (C=O) groups excluding carboxylic acids is 2. The van der Waals surface area contributed by atoms with Crippen LogP contribution in [0.5, 0.6) is 0 Å². The molecule has 0 saturated carbocycles. The van der Waals surface area contributed by atoms with Crippen molar-refractivity contribution in [3.63, 3.8) is 0 Å². The molecule has 34 heavy (non-hydrogen) atoms. The van der Waals surface area contributed by atoms with Crippen molar-refractivity contribution in [1.82, 2.24) is 9.62 Å². The Morgan fingerprint density at radius 1 is 0.971 bits per heavy atom. The second-order valence-corrected chi connectivity index (χ2v) is 9.97. The summed E-state index contributed by atoms with van der Waals surface area (Å²) in [7, 11) is -4.58. The summed E-state index contributed by atoms with van der Waals surface area (Å²) < 4.78 is 53.8. The lowest BCUT2D eigenvalue weighted by molar-refractivity contribution is -0.156. The minimum atomic E-state index is -4.58. The molecule has 1 aliphatic heterocycles. The zero-order chi connectivity index (χ0) is 24.5. The molecule has 6 nitrogen and oxygen atoms in total. The highest BCUT2D eigenvalue weighted by atomic mass is 32.2. The first kappa shape index (κ1) is 23.6. The third kappa shape index (κ3) is 4.56. The second kappa shape index (κ2) is 8.98. The summed E-state index contributed by atoms with van der Waals surface area (Å²) in [5, 5.41) is 0. The molecule has 1 fully saturated rings. The predicted octanol–water partition coefficient (Wildman–Crippen LogP) is 3.67. The number of sulfonamides is 1. The molecule has 1 atom stereocenters. The van der Waals surface area contributed by atoms with Crippen LogP contribution in [0.1, 0.15) is 18.9 Å². The first-order chi connectivity index (χ1) is 16.1. The molecule has 0 aliphatic carbocycles. The first-order valence-electron chi connectivity index (χ1n) is 10.6. The number of likely N-dealkylation sites (tertiary alicyclic amines) is 1. The van der Waals surface area contributed by atoms with Crippen LogP contribution in [0, 0.1) is 11.6 Å². The van der Waals surface area contributed by atoms with E-state index in [4.69, 9.17) is 0 Å². The Balaban J connectivity index is 1.44. The normalized spacial score (nSPS) is 17.7. The largest absolute Gasteiger partial charge is 0.328 e. The van der Waals surface area contributed by atoms with Gasteiger partial charge in [0.05, 0.1) is 6.42 Å². The number of benzene rings is 3. The maximum Gasteiger partial charge on any atom is 0.267 e. The number of amides is 2. The molecule has 3 aromatic carbocycles. The van der Waals surface area contributed by atoms with Crippen molar-refractivity contribution in [1.29, 1.82) is 0 Å². The van der Waals surface area contributed by atoms with Gasteiger partial charge >= 0.3 is 0 Å². The van der Waals surface area contributed by atoms with Gasteiger partial charge in [-0.25, -0.2) is 21.9 Å². The fraction of sp³-hybridized carbons (Fsp3) is 0.200. The quantitative estimate of drug-likeness (QED) is 0.579. The van der Waals surface area contributed by atoms with Gasteiger partial charge in [0.25, 0.3) is 15.9 Å². The van der Waals surface area contributed by atoms with Crippen LogP contribution in [-0.4, -0.2) is 37.2 Å². The number of rotatable bonds is 6. The van der Waals surface area contributed by atoms with Gasteiger partial charge in [-0.15, -0.1) is 0 Å². The van der Waals surface area contributed by atoms with E-state index in [0.29, 0.717) is 6.07 Å². The molecule has 0 bridgehead atoms. The van der Waals surface area contributed by atoms with Gasteiger partial charge in [0.2, 0.25) is 5.91 Å². The van der Waals surface area contributed by atoms with E-state index in [9.17, 15) is 26.8 Å². The predicted molar refractivity (Wildman–Crippen MR) is 122 cm³/mol. The Bertz CT molecular complexity index is 1350. The standard InChI is InChI=1S/C25H22F2N2O4S/c1-25(24(31)28-34(32,33)22-12-11-20(26)16-21(22)27)13-14-29(25)23(30)15-17-7-9-19(10-8-17)18-5-3-2-4-6-18/h2-12,16H,13-15H2,1H3,(H,28,31). The molecule has 9 heteroatoms. The smallest absolute Gasteiger partial charge is 0.267 e. The lowest BCUT2D eigenvalue weighted by Crippen LogP contribution is -2.68. The second-order valence-electron chi connectivity index (χ2n) is 8.32. The summed E-state index contributed by atoms with van der Waals surface area (Å²) in [6.45, 7) is 1.74. The Kier molecular flexibility index (Phi) is 6.22. The minimum Gasteiger partial charge on any atom is -0.328 e. The van der Waals surface area contributed by atoms with Crippen molar-refractivity contribution >= 4 is 21.8 Å². The summed E-state index contributed by atoms with van der Waals surface area (Å²) >= 11 is 0. The van der Waals surface area contributed by atoms with Gasteiger partial charge in [0.1, 0.15) is 22.1 Å². The van der Waals surface area contributed by atoms with Crippen molar-refractivity contribution in [3.8, 4) is 11.1 Å². The monoisotopic (exact) mass is 484 g/mol. The molecular formula is C25H22F2N2O4S. The van der Waals surface area contributed by atoms with Crippen LogP contribution < -0.4 is 4.72 Å². The SMILES string of the molecule is CC1(C(=O)NS(=O)(=O)c2ccc(F)cc2F)CCN1C(=O)Cc1ccc(-c2ccccc2)cc1. The number of halogens is 2. The molecule has 176 valence electrons. The van der Waals surface area contributed by atoms with Gasteiger partial charge in [0, 0.05) is 12.6 Å². The van der Waals surface area contributed by atoms with Crippen molar-refractivity contribution < 1.29 is 26.8 Å². The molecule has 1 aliphatic rings. The van der Waals surface area contributed by atoms with Gasteiger partial charge in [-0.2, -0.15) is 0 Å². The maximum atomic E-state index is 13.9. The summed E-state index contributed by atoms with van der Waals surface area (Å²) in [5.74, 6) is -3.54. The molecule has 1 saturated heterocycles. The number of nitrogens with one attached hydrogen (secondary N) is 1. The fourth-order valence-electron chi connectivity index (χ4n) is 3.89. The zero-order valence-electron chi connectivity index (χ0n) is 18.3. The van der Waals surface area contributed by atoms with Crippen molar-refractivity contribution in [3.05, 3.63) is 90.0 Å². The average Bonchev–Trinajstić information content (AvgIpc) is 2.78. The summed E-state index contributed by atoms with van der Waals surface area (Å²) in [4.78, 5) is 26.2. The average molecular weight is 485 g/mol. The topological polar surface area (TPSA) is 83.6 Å². The Morgan fingerprint density at radius 2 is 1.62 bits per heavy atom. The lowest BCUT2D eigenvalue weighted by Gasteiger charge is -2.49. The fourth-order valence-corrected chi connectivity index (χ4v) is 5.03. The Labute approximate surface area is 196 Å². The van der Waals surface area contributed by atoms with E-state index in [1.54, 1.807) is 0 Å². The summed E-state index contributed by atoms with van der Waals surface area (Å²) in [5.41, 5.74) is 1.40. The molecule has 1 unspecified atom stereocenters. The van der Waals surface area contributed by atoms with Gasteiger partial charge in [-0.1, -0.05) is 54.6 Å². The van der Waals surface area contributed by atoms with Crippen molar-refractivity contribution in [2.45, 2.75) is 30.2 Å². The number of hydrogen-bond acceptors (Lipinski definition) is 4. The lowest BCUT2D eigenvalue weighted by atomic mass is 9.85. The molecule has 0 aromatic heterocycles. The van der Waals surface area contributed by atoms with Gasteiger partial charge in [-0.3, -0.25) is 9.59 Å². The maximum absolute atomic E-state index is 13.9. The molecule has 4 rings (SSSR count). The number of hydrogen-bond donors (Lipinski definition) is 1. The third-order valence-electron chi connectivity index (χ3n) is 6.04. The summed E-state index contributed by atoms with van der Waals surface area (Å²) in [6.07, 6.45) is 0.288. The minimum absolute atomic E-state index is 0.0390. The van der Waals surface area contributed by atoms with E-state index in [2.05, 4.69) is 0 Å². The van der Waals surface area contributed by atoms with Gasteiger partial charge in [0.15, 0.2) is 0 Å². The van der Waals surface area contributed by atoms with Crippen LogP contribution in [0.2, 0.25) is 0 Å².